The highest BCUT2D eigenvalue weighted by Gasteiger charge is 2.27. The third kappa shape index (κ3) is 6.61. The molecule has 1 aliphatic heterocycles. The van der Waals surface area contributed by atoms with Crippen molar-refractivity contribution < 1.29 is 32.2 Å². The molecule has 1 aromatic carbocycles. The van der Waals surface area contributed by atoms with E-state index in [0.29, 0.717) is 19.0 Å². The smallest absolute Gasteiger partial charge is 0.405 e. The lowest BCUT2D eigenvalue weighted by Crippen LogP contribution is -2.41. The van der Waals surface area contributed by atoms with Crippen LogP contribution in [0.1, 0.15) is 23.2 Å². The Hall–Kier alpha value is -2.29. The van der Waals surface area contributed by atoms with Gasteiger partial charge in [-0.25, -0.2) is 0 Å². The molecule has 25 heavy (non-hydrogen) atoms. The lowest BCUT2D eigenvalue weighted by molar-refractivity contribution is -0.137. The number of rotatable bonds is 7. The third-order valence-electron chi connectivity index (χ3n) is 3.48. The highest BCUT2D eigenvalue weighted by molar-refractivity contribution is 5.98. The van der Waals surface area contributed by atoms with Crippen LogP contribution in [0.2, 0.25) is 0 Å². The second kappa shape index (κ2) is 8.70. The molecule has 1 saturated heterocycles. The van der Waals surface area contributed by atoms with Gasteiger partial charge in [-0.1, -0.05) is 12.1 Å². The summed E-state index contributed by atoms with van der Waals surface area (Å²) in [5.74, 6) is -1.21. The predicted octanol–water partition coefficient (Wildman–Crippen LogP) is 1.65. The molecule has 1 heterocycles. The molecule has 0 bridgehead atoms. The largest absolute Gasteiger partial charge is 0.490 e. The zero-order chi connectivity index (χ0) is 18.3. The van der Waals surface area contributed by atoms with E-state index in [4.69, 9.17) is 9.47 Å². The zero-order valence-electron chi connectivity index (χ0n) is 13.4. The summed E-state index contributed by atoms with van der Waals surface area (Å²) < 4.78 is 47.1. The van der Waals surface area contributed by atoms with Crippen molar-refractivity contribution in [3.05, 3.63) is 29.8 Å². The van der Waals surface area contributed by atoms with Gasteiger partial charge in [0, 0.05) is 6.61 Å². The Morgan fingerprint density at radius 1 is 1.24 bits per heavy atom. The molecule has 1 aromatic rings. The summed E-state index contributed by atoms with van der Waals surface area (Å²) in [4.78, 5) is 23.5. The molecule has 2 N–H and O–H groups in total. The normalized spacial score (nSPS) is 17.2. The number of benzene rings is 1. The number of alkyl halides is 3. The van der Waals surface area contributed by atoms with Crippen LogP contribution >= 0.6 is 0 Å². The summed E-state index contributed by atoms with van der Waals surface area (Å²) >= 11 is 0. The number of amides is 2. The first-order valence-corrected chi connectivity index (χ1v) is 7.80. The quantitative estimate of drug-likeness (QED) is 0.775. The average Bonchev–Trinajstić information content (AvgIpc) is 3.09. The summed E-state index contributed by atoms with van der Waals surface area (Å²) in [5.41, 5.74) is 0.198. The lowest BCUT2D eigenvalue weighted by atomic mass is 10.2. The van der Waals surface area contributed by atoms with E-state index in [1.165, 1.54) is 6.07 Å². The number of nitrogens with one attached hydrogen (secondary N) is 2. The van der Waals surface area contributed by atoms with Crippen molar-refractivity contribution >= 4 is 11.8 Å². The molecule has 0 aromatic heterocycles. The number of halogens is 3. The second-order valence-corrected chi connectivity index (χ2v) is 5.52. The number of hydrogen-bond acceptors (Lipinski definition) is 4. The van der Waals surface area contributed by atoms with Gasteiger partial charge in [0.1, 0.15) is 18.9 Å². The van der Waals surface area contributed by atoms with Crippen LogP contribution in [0.5, 0.6) is 5.75 Å². The van der Waals surface area contributed by atoms with E-state index in [2.05, 4.69) is 5.32 Å². The van der Waals surface area contributed by atoms with Gasteiger partial charge in [0.25, 0.3) is 5.91 Å². The Balaban J connectivity index is 1.85. The van der Waals surface area contributed by atoms with Crippen LogP contribution < -0.4 is 15.4 Å². The average molecular weight is 360 g/mol. The van der Waals surface area contributed by atoms with Crippen molar-refractivity contribution in [1.29, 1.82) is 0 Å². The maximum Gasteiger partial charge on any atom is 0.405 e. The van der Waals surface area contributed by atoms with Crippen molar-refractivity contribution in [2.45, 2.75) is 25.1 Å². The van der Waals surface area contributed by atoms with Crippen LogP contribution in [-0.4, -0.2) is 50.4 Å². The van der Waals surface area contributed by atoms with E-state index < -0.39 is 31.1 Å². The van der Waals surface area contributed by atoms with E-state index in [1.807, 2.05) is 0 Å². The standard InChI is InChI=1S/C16H19F3N2O4/c17-16(18,19)10-21-14(22)8-20-15(23)12-5-1-2-6-13(12)25-9-11-4-3-7-24-11/h1-2,5-6,11H,3-4,7-10H2,(H,20,23)(H,21,22). The Bertz CT molecular complexity index is 601. The topological polar surface area (TPSA) is 76.7 Å². The van der Waals surface area contributed by atoms with Gasteiger partial charge >= 0.3 is 6.18 Å². The van der Waals surface area contributed by atoms with Gasteiger partial charge in [-0.05, 0) is 25.0 Å². The molecule has 2 rings (SSSR count). The van der Waals surface area contributed by atoms with Gasteiger partial charge in [0.05, 0.1) is 18.2 Å². The first-order valence-electron chi connectivity index (χ1n) is 7.80. The molecular weight excluding hydrogens is 341 g/mol. The van der Waals surface area contributed by atoms with Crippen LogP contribution in [0.25, 0.3) is 0 Å². The van der Waals surface area contributed by atoms with E-state index >= 15 is 0 Å². The molecule has 9 heteroatoms. The summed E-state index contributed by atoms with van der Waals surface area (Å²) in [6, 6.07) is 6.43. The number of para-hydroxylation sites is 1. The zero-order valence-corrected chi connectivity index (χ0v) is 13.4. The van der Waals surface area contributed by atoms with E-state index in [9.17, 15) is 22.8 Å². The van der Waals surface area contributed by atoms with Gasteiger partial charge in [-0.3, -0.25) is 9.59 Å². The molecule has 0 saturated carbocycles. The first kappa shape index (κ1) is 19.0. The molecule has 1 fully saturated rings. The fourth-order valence-corrected chi connectivity index (χ4v) is 2.26. The molecule has 0 radical (unpaired) electrons. The van der Waals surface area contributed by atoms with Crippen molar-refractivity contribution in [3.8, 4) is 5.75 Å². The fourth-order valence-electron chi connectivity index (χ4n) is 2.26. The molecular formula is C16H19F3N2O4. The van der Waals surface area contributed by atoms with Gasteiger partial charge < -0.3 is 20.1 Å². The number of hydrogen-bond donors (Lipinski definition) is 2. The maximum atomic E-state index is 12.1. The minimum atomic E-state index is -4.50. The molecule has 6 nitrogen and oxygen atoms in total. The predicted molar refractivity (Wildman–Crippen MR) is 82.3 cm³/mol. The van der Waals surface area contributed by atoms with Crippen molar-refractivity contribution in [1.82, 2.24) is 10.6 Å². The third-order valence-corrected chi connectivity index (χ3v) is 3.48. The summed E-state index contributed by atoms with van der Waals surface area (Å²) in [7, 11) is 0. The van der Waals surface area contributed by atoms with Gasteiger partial charge in [-0.2, -0.15) is 13.2 Å². The Morgan fingerprint density at radius 3 is 2.68 bits per heavy atom. The second-order valence-electron chi connectivity index (χ2n) is 5.52. The van der Waals surface area contributed by atoms with Gasteiger partial charge in [-0.15, -0.1) is 0 Å². The van der Waals surface area contributed by atoms with E-state index in [-0.39, 0.29) is 11.7 Å². The van der Waals surface area contributed by atoms with Gasteiger partial charge in [0.2, 0.25) is 5.91 Å². The Kier molecular flexibility index (Phi) is 6.63. The molecule has 0 spiro atoms. The lowest BCUT2D eigenvalue weighted by Gasteiger charge is -2.14. The van der Waals surface area contributed by atoms with Gasteiger partial charge in [0.15, 0.2) is 0 Å². The minimum absolute atomic E-state index is 0.0238. The number of ether oxygens (including phenoxy) is 2. The van der Waals surface area contributed by atoms with Crippen LogP contribution in [0.3, 0.4) is 0 Å². The van der Waals surface area contributed by atoms with Crippen LogP contribution in [-0.2, 0) is 9.53 Å². The fraction of sp³-hybridized carbons (Fsp3) is 0.500. The molecule has 1 atom stereocenters. The molecule has 1 aliphatic rings. The van der Waals surface area contributed by atoms with Crippen LogP contribution in [0, 0.1) is 0 Å². The summed E-state index contributed by atoms with van der Waals surface area (Å²) in [6.45, 7) is -1.02. The summed E-state index contributed by atoms with van der Waals surface area (Å²) in [6.07, 6.45) is -2.68. The van der Waals surface area contributed by atoms with Crippen LogP contribution in [0.4, 0.5) is 13.2 Å². The van der Waals surface area contributed by atoms with Crippen molar-refractivity contribution in [2.24, 2.45) is 0 Å². The first-order chi connectivity index (χ1) is 11.8. The number of carbonyl (C=O) groups excluding carboxylic acids is 2. The molecule has 1 unspecified atom stereocenters. The monoisotopic (exact) mass is 360 g/mol. The Labute approximate surface area is 142 Å². The van der Waals surface area contributed by atoms with Crippen molar-refractivity contribution in [2.75, 3.05) is 26.3 Å². The van der Waals surface area contributed by atoms with Crippen molar-refractivity contribution in [3.63, 3.8) is 0 Å². The van der Waals surface area contributed by atoms with Crippen LogP contribution in [0.15, 0.2) is 24.3 Å². The molecule has 0 aliphatic carbocycles. The summed E-state index contributed by atoms with van der Waals surface area (Å²) in [5, 5.41) is 3.95. The Morgan fingerprint density at radius 2 is 2.00 bits per heavy atom. The maximum absolute atomic E-state index is 12.1. The van der Waals surface area contributed by atoms with E-state index in [0.717, 1.165) is 12.8 Å². The molecule has 138 valence electrons. The highest BCUT2D eigenvalue weighted by Crippen LogP contribution is 2.20. The van der Waals surface area contributed by atoms with E-state index in [1.54, 1.807) is 23.5 Å². The SMILES string of the molecule is O=C(CNC(=O)c1ccccc1OCC1CCCO1)NCC(F)(F)F. The minimum Gasteiger partial charge on any atom is -0.490 e. The number of carbonyl (C=O) groups is 2. The molecule has 2 amide bonds. The highest BCUT2D eigenvalue weighted by atomic mass is 19.4.